The summed E-state index contributed by atoms with van der Waals surface area (Å²) >= 11 is 5.91. The van der Waals surface area contributed by atoms with Crippen LogP contribution >= 0.6 is 11.6 Å². The number of nitrogens with zero attached hydrogens (tertiary/aromatic N) is 1. The van der Waals surface area contributed by atoms with E-state index in [1.165, 1.54) is 0 Å². The van der Waals surface area contributed by atoms with Gasteiger partial charge in [-0.25, -0.2) is 4.98 Å². The fourth-order valence-corrected chi connectivity index (χ4v) is 1.38. The van der Waals surface area contributed by atoms with Gasteiger partial charge < -0.3 is 4.98 Å². The summed E-state index contributed by atoms with van der Waals surface area (Å²) in [6.07, 6.45) is 0. The first kappa shape index (κ1) is 9.28. The molecule has 0 unspecified atom stereocenters. The summed E-state index contributed by atoms with van der Waals surface area (Å²) in [5.74, 6) is 0.846. The van der Waals surface area contributed by atoms with Gasteiger partial charge in [0, 0.05) is 10.6 Å². The summed E-state index contributed by atoms with van der Waals surface area (Å²) in [4.78, 5) is 7.66. The fraction of sp³-hybridized carbons (Fsp3) is 0.182. The van der Waals surface area contributed by atoms with E-state index in [2.05, 4.69) is 9.97 Å². The quantitative estimate of drug-likeness (QED) is 0.760. The Balaban J connectivity index is 2.61. The number of fused-ring (bicyclic) bond motifs is 1. The lowest BCUT2D eigenvalue weighted by Crippen LogP contribution is -1.83. The molecule has 0 spiro atoms. The van der Waals surface area contributed by atoms with Crippen molar-refractivity contribution in [2.75, 3.05) is 0 Å². The van der Waals surface area contributed by atoms with Crippen LogP contribution in [0.2, 0.25) is 0 Å². The topological polar surface area (TPSA) is 28.7 Å². The molecule has 0 bridgehead atoms. The van der Waals surface area contributed by atoms with Crippen LogP contribution in [0.4, 0.5) is 0 Å². The third-order valence-electron chi connectivity index (χ3n) is 2.26. The SMILES string of the molecule is CC(Cl)=C(C)c1nc2ccccc2[nH]1. The highest BCUT2D eigenvalue weighted by atomic mass is 35.5. The number of imidazole rings is 1. The van der Waals surface area contributed by atoms with Crippen molar-refractivity contribution in [2.24, 2.45) is 0 Å². The molecule has 1 N–H and O–H groups in total. The zero-order valence-corrected chi connectivity index (χ0v) is 8.89. The Kier molecular flexibility index (Phi) is 2.30. The van der Waals surface area contributed by atoms with E-state index < -0.39 is 0 Å². The van der Waals surface area contributed by atoms with Crippen LogP contribution in [-0.4, -0.2) is 9.97 Å². The lowest BCUT2D eigenvalue weighted by atomic mass is 10.3. The van der Waals surface area contributed by atoms with Gasteiger partial charge in [0.1, 0.15) is 5.82 Å². The number of aromatic amines is 1. The maximum absolute atomic E-state index is 5.91. The Morgan fingerprint density at radius 3 is 2.64 bits per heavy atom. The van der Waals surface area contributed by atoms with Crippen LogP contribution in [0.1, 0.15) is 19.7 Å². The number of hydrogen-bond donors (Lipinski definition) is 1. The number of aromatic nitrogens is 2. The third-order valence-corrected chi connectivity index (χ3v) is 2.54. The smallest absolute Gasteiger partial charge is 0.135 e. The Morgan fingerprint density at radius 1 is 1.29 bits per heavy atom. The van der Waals surface area contributed by atoms with Crippen LogP contribution in [0.3, 0.4) is 0 Å². The van der Waals surface area contributed by atoms with E-state index in [-0.39, 0.29) is 0 Å². The molecule has 0 aliphatic rings. The molecule has 0 aliphatic carbocycles. The second-order valence-corrected chi connectivity index (χ2v) is 3.83. The molecule has 1 aromatic carbocycles. The van der Waals surface area contributed by atoms with Crippen molar-refractivity contribution < 1.29 is 0 Å². The van der Waals surface area contributed by atoms with Crippen molar-refractivity contribution in [3.63, 3.8) is 0 Å². The molecule has 0 fully saturated rings. The number of hydrogen-bond acceptors (Lipinski definition) is 1. The van der Waals surface area contributed by atoms with Crippen LogP contribution in [0.15, 0.2) is 29.3 Å². The normalized spacial score (nSPS) is 13.1. The lowest BCUT2D eigenvalue weighted by Gasteiger charge is -1.95. The van der Waals surface area contributed by atoms with Gasteiger partial charge in [0.15, 0.2) is 0 Å². The lowest BCUT2D eigenvalue weighted by molar-refractivity contribution is 1.25. The number of halogens is 1. The van der Waals surface area contributed by atoms with Gasteiger partial charge in [0.05, 0.1) is 11.0 Å². The van der Waals surface area contributed by atoms with E-state index in [4.69, 9.17) is 11.6 Å². The Labute approximate surface area is 87.6 Å². The largest absolute Gasteiger partial charge is 0.338 e. The summed E-state index contributed by atoms with van der Waals surface area (Å²) in [5.41, 5.74) is 3.00. The molecule has 72 valence electrons. The van der Waals surface area contributed by atoms with Gasteiger partial charge in [0.25, 0.3) is 0 Å². The van der Waals surface area contributed by atoms with E-state index in [0.29, 0.717) is 0 Å². The fourth-order valence-electron chi connectivity index (χ4n) is 1.29. The molecular formula is C11H11ClN2. The van der Waals surface area contributed by atoms with Crippen LogP contribution in [-0.2, 0) is 0 Å². The number of H-pyrrole nitrogens is 1. The van der Waals surface area contributed by atoms with E-state index in [9.17, 15) is 0 Å². The molecule has 0 amide bonds. The molecule has 1 aromatic heterocycles. The van der Waals surface area contributed by atoms with Gasteiger partial charge in [-0.2, -0.15) is 0 Å². The average Bonchev–Trinajstić information content (AvgIpc) is 2.59. The van der Waals surface area contributed by atoms with Gasteiger partial charge >= 0.3 is 0 Å². The number of para-hydroxylation sites is 2. The first-order valence-corrected chi connectivity index (χ1v) is 4.84. The van der Waals surface area contributed by atoms with Crippen LogP contribution < -0.4 is 0 Å². The van der Waals surface area contributed by atoms with Crippen molar-refractivity contribution >= 4 is 28.2 Å². The minimum atomic E-state index is 0.768. The second-order valence-electron chi connectivity index (χ2n) is 3.26. The Hall–Kier alpha value is -1.28. The zero-order chi connectivity index (χ0) is 10.1. The molecule has 1 heterocycles. The van der Waals surface area contributed by atoms with Gasteiger partial charge in [-0.05, 0) is 26.0 Å². The Morgan fingerprint density at radius 2 is 2.00 bits per heavy atom. The highest BCUT2D eigenvalue weighted by Gasteiger charge is 2.04. The highest BCUT2D eigenvalue weighted by molar-refractivity contribution is 6.32. The number of allylic oxidation sites excluding steroid dienone is 2. The zero-order valence-electron chi connectivity index (χ0n) is 8.13. The first-order chi connectivity index (χ1) is 6.68. The van der Waals surface area contributed by atoms with Crippen LogP contribution in [0, 0.1) is 0 Å². The summed E-state index contributed by atoms with van der Waals surface area (Å²) in [6, 6.07) is 7.94. The number of rotatable bonds is 1. The predicted octanol–water partition coefficient (Wildman–Crippen LogP) is 3.55. The van der Waals surface area contributed by atoms with E-state index in [0.717, 1.165) is 27.5 Å². The summed E-state index contributed by atoms with van der Waals surface area (Å²) in [6.45, 7) is 3.82. The third kappa shape index (κ3) is 1.53. The van der Waals surface area contributed by atoms with Crippen molar-refractivity contribution in [2.45, 2.75) is 13.8 Å². The standard InChI is InChI=1S/C11H11ClN2/c1-7(8(2)12)11-13-9-5-3-4-6-10(9)14-11/h3-6H,1-2H3,(H,13,14). The molecule has 0 atom stereocenters. The summed E-state index contributed by atoms with van der Waals surface area (Å²) in [7, 11) is 0. The monoisotopic (exact) mass is 206 g/mol. The van der Waals surface area contributed by atoms with Crippen molar-refractivity contribution in [1.82, 2.24) is 9.97 Å². The minimum absolute atomic E-state index is 0.768. The molecule has 0 aliphatic heterocycles. The Bertz CT molecular complexity index is 460. The first-order valence-electron chi connectivity index (χ1n) is 4.46. The molecule has 0 saturated heterocycles. The van der Waals surface area contributed by atoms with Crippen molar-refractivity contribution in [1.29, 1.82) is 0 Å². The van der Waals surface area contributed by atoms with E-state index in [1.54, 1.807) is 0 Å². The van der Waals surface area contributed by atoms with Gasteiger partial charge in [-0.1, -0.05) is 23.7 Å². The maximum atomic E-state index is 5.91. The highest BCUT2D eigenvalue weighted by Crippen LogP contribution is 2.20. The van der Waals surface area contributed by atoms with E-state index in [1.807, 2.05) is 38.1 Å². The molecule has 14 heavy (non-hydrogen) atoms. The molecule has 2 nitrogen and oxygen atoms in total. The van der Waals surface area contributed by atoms with Crippen molar-refractivity contribution in [3.8, 4) is 0 Å². The van der Waals surface area contributed by atoms with Gasteiger partial charge in [0.2, 0.25) is 0 Å². The predicted molar refractivity (Wildman–Crippen MR) is 60.2 cm³/mol. The summed E-state index contributed by atoms with van der Waals surface area (Å²) < 4.78 is 0. The van der Waals surface area contributed by atoms with Gasteiger partial charge in [-0.3, -0.25) is 0 Å². The molecule has 2 rings (SSSR count). The molecular weight excluding hydrogens is 196 g/mol. The average molecular weight is 207 g/mol. The van der Waals surface area contributed by atoms with Crippen LogP contribution in [0.25, 0.3) is 16.6 Å². The molecule has 0 radical (unpaired) electrons. The molecule has 3 heteroatoms. The van der Waals surface area contributed by atoms with E-state index >= 15 is 0 Å². The molecule has 0 saturated carbocycles. The van der Waals surface area contributed by atoms with Crippen molar-refractivity contribution in [3.05, 3.63) is 35.1 Å². The second kappa shape index (κ2) is 3.46. The maximum Gasteiger partial charge on any atom is 0.135 e. The molecule has 2 aromatic rings. The minimum Gasteiger partial charge on any atom is -0.338 e. The number of nitrogens with one attached hydrogen (secondary N) is 1. The number of benzene rings is 1. The van der Waals surface area contributed by atoms with Crippen LogP contribution in [0.5, 0.6) is 0 Å². The van der Waals surface area contributed by atoms with Gasteiger partial charge in [-0.15, -0.1) is 0 Å². The summed E-state index contributed by atoms with van der Waals surface area (Å²) in [5, 5.41) is 0.768.